The number of benzene rings is 1. The second-order valence-corrected chi connectivity index (χ2v) is 4.79. The zero-order chi connectivity index (χ0) is 13.7. The van der Waals surface area contributed by atoms with E-state index in [0.717, 1.165) is 4.47 Å². The molecular weight excluding hydrogens is 300 g/mol. The van der Waals surface area contributed by atoms with Crippen LogP contribution in [0.15, 0.2) is 22.7 Å². The normalized spacial score (nSPS) is 13.8. The van der Waals surface area contributed by atoms with Gasteiger partial charge in [0.1, 0.15) is 5.75 Å². The van der Waals surface area contributed by atoms with Crippen molar-refractivity contribution in [2.24, 2.45) is 0 Å². The Labute approximate surface area is 115 Å². The number of rotatable bonds is 5. The van der Waals surface area contributed by atoms with Crippen molar-refractivity contribution in [2.45, 2.75) is 33.0 Å². The quantitative estimate of drug-likeness (QED) is 0.849. The molecular formula is C13H17BrO4. The summed E-state index contributed by atoms with van der Waals surface area (Å²) in [4.78, 5) is 11.5. The highest BCUT2D eigenvalue weighted by Crippen LogP contribution is 2.29. The zero-order valence-corrected chi connectivity index (χ0v) is 12.2. The molecule has 0 aliphatic heterocycles. The maximum absolute atomic E-state index is 11.5. The molecule has 1 rings (SSSR count). The Morgan fingerprint density at radius 1 is 1.44 bits per heavy atom. The van der Waals surface area contributed by atoms with Crippen LogP contribution in [0.2, 0.25) is 0 Å². The molecule has 4 nitrogen and oxygen atoms in total. The van der Waals surface area contributed by atoms with E-state index in [1.807, 2.05) is 6.07 Å². The standard InChI is InChI=1S/C13H17BrO4/c1-4-17-13(16)9(3)18-12-7-10(14)5-6-11(12)8(2)15/h5-9,15H,4H2,1-3H3/t8-,9?/m0/s1. The third-order valence-corrected chi connectivity index (χ3v) is 2.84. The van der Waals surface area contributed by atoms with Gasteiger partial charge in [-0.25, -0.2) is 4.79 Å². The van der Waals surface area contributed by atoms with Crippen LogP contribution in [0, 0.1) is 0 Å². The van der Waals surface area contributed by atoms with Crippen molar-refractivity contribution in [2.75, 3.05) is 6.61 Å². The van der Waals surface area contributed by atoms with Gasteiger partial charge in [-0.05, 0) is 32.9 Å². The predicted octanol–water partition coefficient (Wildman–Crippen LogP) is 2.83. The Bertz CT molecular complexity index is 417. The number of halogens is 1. The van der Waals surface area contributed by atoms with Crippen molar-refractivity contribution in [3.8, 4) is 5.75 Å². The van der Waals surface area contributed by atoms with E-state index in [1.165, 1.54) is 0 Å². The number of carbonyl (C=O) groups is 1. The van der Waals surface area contributed by atoms with Crippen LogP contribution in [0.3, 0.4) is 0 Å². The number of ether oxygens (including phenoxy) is 2. The molecule has 1 aromatic rings. The average molecular weight is 317 g/mol. The zero-order valence-electron chi connectivity index (χ0n) is 10.6. The molecule has 0 amide bonds. The van der Waals surface area contributed by atoms with Crippen LogP contribution in [0.4, 0.5) is 0 Å². The average Bonchev–Trinajstić information content (AvgIpc) is 2.28. The van der Waals surface area contributed by atoms with E-state index < -0.39 is 18.2 Å². The molecule has 0 spiro atoms. The molecule has 0 heterocycles. The minimum atomic E-state index is -0.711. The van der Waals surface area contributed by atoms with Gasteiger partial charge >= 0.3 is 5.97 Å². The number of carbonyl (C=O) groups excluding carboxylic acids is 1. The van der Waals surface area contributed by atoms with Gasteiger partial charge in [0.2, 0.25) is 0 Å². The van der Waals surface area contributed by atoms with Gasteiger partial charge in [0.15, 0.2) is 6.10 Å². The van der Waals surface area contributed by atoms with Crippen LogP contribution in [0.25, 0.3) is 0 Å². The van der Waals surface area contributed by atoms with E-state index in [0.29, 0.717) is 17.9 Å². The molecule has 5 heteroatoms. The molecule has 1 N–H and O–H groups in total. The Hall–Kier alpha value is -1.07. The molecule has 1 unspecified atom stereocenters. The highest BCUT2D eigenvalue weighted by Gasteiger charge is 2.18. The largest absolute Gasteiger partial charge is 0.479 e. The smallest absolute Gasteiger partial charge is 0.347 e. The maximum atomic E-state index is 11.5. The number of aliphatic hydroxyl groups excluding tert-OH is 1. The van der Waals surface area contributed by atoms with E-state index >= 15 is 0 Å². The summed E-state index contributed by atoms with van der Waals surface area (Å²) in [5.74, 6) is 0.0500. The van der Waals surface area contributed by atoms with Gasteiger partial charge in [-0.15, -0.1) is 0 Å². The van der Waals surface area contributed by atoms with Crippen LogP contribution in [0.1, 0.15) is 32.4 Å². The molecule has 100 valence electrons. The second kappa shape index (κ2) is 6.75. The fourth-order valence-corrected chi connectivity index (χ4v) is 1.79. The van der Waals surface area contributed by atoms with Crippen LogP contribution < -0.4 is 4.74 Å². The molecule has 0 aliphatic rings. The fourth-order valence-electron chi connectivity index (χ4n) is 1.45. The first-order valence-corrected chi connectivity index (χ1v) is 6.55. The number of hydrogen-bond donors (Lipinski definition) is 1. The van der Waals surface area contributed by atoms with Gasteiger partial charge in [0.05, 0.1) is 12.7 Å². The van der Waals surface area contributed by atoms with Gasteiger partial charge in [-0.2, -0.15) is 0 Å². The van der Waals surface area contributed by atoms with E-state index in [9.17, 15) is 9.90 Å². The Morgan fingerprint density at radius 3 is 2.67 bits per heavy atom. The van der Waals surface area contributed by atoms with Gasteiger partial charge in [0, 0.05) is 10.0 Å². The lowest BCUT2D eigenvalue weighted by Crippen LogP contribution is -2.26. The van der Waals surface area contributed by atoms with Crippen molar-refractivity contribution in [1.82, 2.24) is 0 Å². The van der Waals surface area contributed by atoms with Gasteiger partial charge in [-0.3, -0.25) is 0 Å². The molecule has 0 aromatic heterocycles. The maximum Gasteiger partial charge on any atom is 0.347 e. The van der Waals surface area contributed by atoms with Crippen LogP contribution in [-0.4, -0.2) is 23.8 Å². The number of hydrogen-bond acceptors (Lipinski definition) is 4. The Morgan fingerprint density at radius 2 is 2.11 bits per heavy atom. The lowest BCUT2D eigenvalue weighted by atomic mass is 10.1. The SMILES string of the molecule is CCOC(=O)C(C)Oc1cc(Br)ccc1[C@H](C)O. The Balaban J connectivity index is 2.88. The summed E-state index contributed by atoms with van der Waals surface area (Å²) in [6.07, 6.45) is -1.38. The van der Waals surface area contributed by atoms with E-state index in [2.05, 4.69) is 15.9 Å². The summed E-state index contributed by atoms with van der Waals surface area (Å²) < 4.78 is 11.2. The summed E-state index contributed by atoms with van der Waals surface area (Å²) in [5.41, 5.74) is 0.634. The van der Waals surface area contributed by atoms with Crippen LogP contribution in [0.5, 0.6) is 5.75 Å². The van der Waals surface area contributed by atoms with Crippen molar-refractivity contribution in [3.05, 3.63) is 28.2 Å². The molecule has 0 saturated carbocycles. The summed E-state index contributed by atoms with van der Waals surface area (Å²) in [6.45, 7) is 5.31. The Kier molecular flexibility index (Phi) is 5.62. The first-order chi connectivity index (χ1) is 8.45. The molecule has 0 aliphatic carbocycles. The highest BCUT2D eigenvalue weighted by molar-refractivity contribution is 9.10. The van der Waals surface area contributed by atoms with E-state index in [-0.39, 0.29) is 0 Å². The van der Waals surface area contributed by atoms with Gasteiger partial charge in [-0.1, -0.05) is 22.0 Å². The van der Waals surface area contributed by atoms with Gasteiger partial charge < -0.3 is 14.6 Å². The third-order valence-electron chi connectivity index (χ3n) is 2.35. The summed E-state index contributed by atoms with van der Waals surface area (Å²) in [5, 5.41) is 9.64. The third kappa shape index (κ3) is 3.99. The van der Waals surface area contributed by atoms with E-state index in [4.69, 9.17) is 9.47 Å². The number of aliphatic hydroxyl groups is 1. The topological polar surface area (TPSA) is 55.8 Å². The highest BCUT2D eigenvalue weighted by atomic mass is 79.9. The van der Waals surface area contributed by atoms with Crippen molar-refractivity contribution in [1.29, 1.82) is 0 Å². The fraction of sp³-hybridized carbons (Fsp3) is 0.462. The van der Waals surface area contributed by atoms with Crippen molar-refractivity contribution >= 4 is 21.9 Å². The van der Waals surface area contributed by atoms with Gasteiger partial charge in [0.25, 0.3) is 0 Å². The summed E-state index contributed by atoms with van der Waals surface area (Å²) in [7, 11) is 0. The minimum absolute atomic E-state index is 0.314. The first kappa shape index (κ1) is 15.0. The molecule has 1 aromatic carbocycles. The lowest BCUT2D eigenvalue weighted by molar-refractivity contribution is -0.150. The molecule has 0 bridgehead atoms. The first-order valence-electron chi connectivity index (χ1n) is 5.76. The van der Waals surface area contributed by atoms with Crippen LogP contribution in [-0.2, 0) is 9.53 Å². The molecule has 18 heavy (non-hydrogen) atoms. The molecule has 0 radical (unpaired) electrons. The predicted molar refractivity (Wildman–Crippen MR) is 71.5 cm³/mol. The van der Waals surface area contributed by atoms with Crippen molar-refractivity contribution in [3.63, 3.8) is 0 Å². The lowest BCUT2D eigenvalue weighted by Gasteiger charge is -2.17. The summed E-state index contributed by atoms with van der Waals surface area (Å²) in [6, 6.07) is 5.28. The molecule has 2 atom stereocenters. The summed E-state index contributed by atoms with van der Waals surface area (Å²) >= 11 is 3.33. The van der Waals surface area contributed by atoms with E-state index in [1.54, 1.807) is 32.9 Å². The monoisotopic (exact) mass is 316 g/mol. The molecule has 0 saturated heterocycles. The second-order valence-electron chi connectivity index (χ2n) is 3.87. The number of esters is 1. The molecule has 0 fully saturated rings. The minimum Gasteiger partial charge on any atom is -0.479 e. The van der Waals surface area contributed by atoms with Crippen molar-refractivity contribution < 1.29 is 19.4 Å². The van der Waals surface area contributed by atoms with Crippen LogP contribution >= 0.6 is 15.9 Å².